The first-order valence-corrected chi connectivity index (χ1v) is 6.84. The third kappa shape index (κ3) is 3.75. The van der Waals surface area contributed by atoms with Crippen molar-refractivity contribution in [1.82, 2.24) is 9.80 Å². The summed E-state index contributed by atoms with van der Waals surface area (Å²) in [5, 5.41) is 9.43. The third-order valence-corrected chi connectivity index (χ3v) is 4.00. The van der Waals surface area contributed by atoms with E-state index >= 15 is 0 Å². The summed E-state index contributed by atoms with van der Waals surface area (Å²) in [5.41, 5.74) is 1.01. The lowest BCUT2D eigenvalue weighted by molar-refractivity contribution is 0.0460. The summed E-state index contributed by atoms with van der Waals surface area (Å²) in [6, 6.07) is 7.17. The molecule has 0 amide bonds. The molecule has 106 valence electrons. The summed E-state index contributed by atoms with van der Waals surface area (Å²) in [5.74, 6) is 0.172. The van der Waals surface area contributed by atoms with E-state index in [2.05, 4.69) is 23.9 Å². The first-order valence-electron chi connectivity index (χ1n) is 6.84. The maximum Gasteiger partial charge on any atom is 0.123 e. The minimum absolute atomic E-state index is 0.174. The number of hydrogen-bond donors (Lipinski definition) is 1. The fourth-order valence-electron chi connectivity index (χ4n) is 2.88. The van der Waals surface area contributed by atoms with Gasteiger partial charge in [0.05, 0.1) is 0 Å². The fourth-order valence-corrected chi connectivity index (χ4v) is 2.88. The predicted molar refractivity (Wildman–Crippen MR) is 74.3 cm³/mol. The van der Waals surface area contributed by atoms with E-state index in [0.717, 1.165) is 31.6 Å². The standard InChI is InChI=1S/C15H23FN2O/c1-17(2)15-10-18(7-6-13(15)11-19)9-12-4-3-5-14(16)8-12/h3-5,8,13,15,19H,6-7,9-11H2,1-2H3/t13-,15-/m1/s1. The first-order chi connectivity index (χ1) is 9.10. The van der Waals surface area contributed by atoms with Crippen molar-refractivity contribution in [3.63, 3.8) is 0 Å². The number of benzene rings is 1. The first kappa shape index (κ1) is 14.4. The van der Waals surface area contributed by atoms with Crippen molar-refractivity contribution in [2.24, 2.45) is 5.92 Å². The van der Waals surface area contributed by atoms with E-state index < -0.39 is 0 Å². The molecule has 2 atom stereocenters. The largest absolute Gasteiger partial charge is 0.396 e. The summed E-state index contributed by atoms with van der Waals surface area (Å²) in [4.78, 5) is 4.52. The molecule has 2 rings (SSSR count). The van der Waals surface area contributed by atoms with E-state index in [-0.39, 0.29) is 12.4 Å². The second kappa shape index (κ2) is 6.46. The number of rotatable bonds is 4. The van der Waals surface area contributed by atoms with Crippen LogP contribution in [0.2, 0.25) is 0 Å². The zero-order chi connectivity index (χ0) is 13.8. The molecule has 0 aromatic heterocycles. The summed E-state index contributed by atoms with van der Waals surface area (Å²) in [6.07, 6.45) is 0.995. The van der Waals surface area contributed by atoms with Gasteiger partial charge in [-0.3, -0.25) is 4.90 Å². The van der Waals surface area contributed by atoms with Crippen LogP contribution in [0.1, 0.15) is 12.0 Å². The van der Waals surface area contributed by atoms with Gasteiger partial charge in [0.1, 0.15) is 5.82 Å². The monoisotopic (exact) mass is 266 g/mol. The molecule has 1 N–H and O–H groups in total. The smallest absolute Gasteiger partial charge is 0.123 e. The lowest BCUT2D eigenvalue weighted by atomic mass is 9.91. The Morgan fingerprint density at radius 3 is 2.84 bits per heavy atom. The number of likely N-dealkylation sites (tertiary alicyclic amines) is 1. The number of aliphatic hydroxyl groups excluding tert-OH is 1. The molecule has 1 aliphatic heterocycles. The van der Waals surface area contributed by atoms with Crippen LogP contribution in [-0.2, 0) is 6.54 Å². The van der Waals surface area contributed by atoms with E-state index in [4.69, 9.17) is 0 Å². The lowest BCUT2D eigenvalue weighted by Gasteiger charge is -2.41. The average Bonchev–Trinajstić information content (AvgIpc) is 2.38. The van der Waals surface area contributed by atoms with Crippen molar-refractivity contribution in [3.05, 3.63) is 35.6 Å². The van der Waals surface area contributed by atoms with Crippen LogP contribution in [0.15, 0.2) is 24.3 Å². The summed E-state index contributed by atoms with van der Waals surface area (Å²) >= 11 is 0. The van der Waals surface area contributed by atoms with Crippen LogP contribution in [0.4, 0.5) is 4.39 Å². The Hall–Kier alpha value is -0.970. The molecule has 1 aromatic carbocycles. The van der Waals surface area contributed by atoms with Crippen LogP contribution in [0.25, 0.3) is 0 Å². The number of nitrogens with zero attached hydrogens (tertiary/aromatic N) is 2. The van der Waals surface area contributed by atoms with E-state index in [1.54, 1.807) is 12.1 Å². The second-order valence-corrected chi connectivity index (χ2v) is 5.63. The molecule has 19 heavy (non-hydrogen) atoms. The highest BCUT2D eigenvalue weighted by Gasteiger charge is 2.30. The van der Waals surface area contributed by atoms with Crippen molar-refractivity contribution in [1.29, 1.82) is 0 Å². The van der Waals surface area contributed by atoms with Crippen LogP contribution in [0.3, 0.4) is 0 Å². The highest BCUT2D eigenvalue weighted by Crippen LogP contribution is 2.22. The van der Waals surface area contributed by atoms with Gasteiger partial charge in [-0.1, -0.05) is 12.1 Å². The van der Waals surface area contributed by atoms with Crippen LogP contribution in [0, 0.1) is 11.7 Å². The van der Waals surface area contributed by atoms with Crippen molar-refractivity contribution in [2.75, 3.05) is 33.8 Å². The van der Waals surface area contributed by atoms with E-state index in [1.807, 2.05) is 6.07 Å². The van der Waals surface area contributed by atoms with Crippen LogP contribution in [0.5, 0.6) is 0 Å². The summed E-state index contributed by atoms with van der Waals surface area (Å²) < 4.78 is 13.2. The van der Waals surface area contributed by atoms with Crippen molar-refractivity contribution >= 4 is 0 Å². The van der Waals surface area contributed by atoms with Gasteiger partial charge in [-0.15, -0.1) is 0 Å². The Morgan fingerprint density at radius 1 is 1.42 bits per heavy atom. The Bertz CT molecular complexity index is 411. The molecule has 0 saturated carbocycles. The maximum atomic E-state index is 13.2. The summed E-state index contributed by atoms with van der Waals surface area (Å²) in [7, 11) is 4.11. The van der Waals surface area contributed by atoms with E-state index in [1.165, 1.54) is 6.07 Å². The molecule has 1 aliphatic rings. The molecular weight excluding hydrogens is 243 g/mol. The third-order valence-electron chi connectivity index (χ3n) is 4.00. The summed E-state index contributed by atoms with van der Waals surface area (Å²) in [6.45, 7) is 2.91. The molecular formula is C15H23FN2O. The molecule has 0 radical (unpaired) electrons. The molecule has 4 heteroatoms. The highest BCUT2D eigenvalue weighted by atomic mass is 19.1. The van der Waals surface area contributed by atoms with Gasteiger partial charge in [0.2, 0.25) is 0 Å². The van der Waals surface area contributed by atoms with E-state index in [9.17, 15) is 9.50 Å². The molecule has 1 aromatic rings. The molecule has 1 heterocycles. The Morgan fingerprint density at radius 2 is 2.21 bits per heavy atom. The molecule has 0 spiro atoms. The minimum atomic E-state index is -0.174. The fraction of sp³-hybridized carbons (Fsp3) is 0.600. The molecule has 0 aliphatic carbocycles. The van der Waals surface area contributed by atoms with Gasteiger partial charge in [0, 0.05) is 25.7 Å². The van der Waals surface area contributed by atoms with Crippen molar-refractivity contribution < 1.29 is 9.50 Å². The topological polar surface area (TPSA) is 26.7 Å². The van der Waals surface area contributed by atoms with Crippen LogP contribution < -0.4 is 0 Å². The minimum Gasteiger partial charge on any atom is -0.396 e. The number of halogens is 1. The average molecular weight is 266 g/mol. The molecule has 1 saturated heterocycles. The number of piperidine rings is 1. The highest BCUT2D eigenvalue weighted by molar-refractivity contribution is 5.16. The van der Waals surface area contributed by atoms with E-state index in [0.29, 0.717) is 12.0 Å². The van der Waals surface area contributed by atoms with Gasteiger partial charge in [-0.05, 0) is 50.7 Å². The van der Waals surface area contributed by atoms with Crippen LogP contribution >= 0.6 is 0 Å². The van der Waals surface area contributed by atoms with Gasteiger partial charge in [-0.2, -0.15) is 0 Å². The molecule has 0 unspecified atom stereocenters. The van der Waals surface area contributed by atoms with Crippen molar-refractivity contribution in [3.8, 4) is 0 Å². The van der Waals surface area contributed by atoms with Crippen LogP contribution in [-0.4, -0.2) is 54.7 Å². The van der Waals surface area contributed by atoms with Crippen molar-refractivity contribution in [2.45, 2.75) is 19.0 Å². The predicted octanol–water partition coefficient (Wildman–Crippen LogP) is 1.57. The Kier molecular flexibility index (Phi) is 4.91. The molecule has 0 bridgehead atoms. The zero-order valence-electron chi connectivity index (χ0n) is 11.7. The lowest BCUT2D eigenvalue weighted by Crippen LogP contribution is -2.51. The molecule has 1 fully saturated rings. The quantitative estimate of drug-likeness (QED) is 0.896. The number of aliphatic hydroxyl groups is 1. The van der Waals surface area contributed by atoms with Gasteiger partial charge in [0.25, 0.3) is 0 Å². The SMILES string of the molecule is CN(C)[C@@H]1CN(Cc2cccc(F)c2)CC[C@@H]1CO. The number of hydrogen-bond acceptors (Lipinski definition) is 3. The second-order valence-electron chi connectivity index (χ2n) is 5.63. The van der Waals surface area contributed by atoms with Gasteiger partial charge in [-0.25, -0.2) is 4.39 Å². The van der Waals surface area contributed by atoms with Gasteiger partial charge in [0.15, 0.2) is 0 Å². The Balaban J connectivity index is 1.99. The zero-order valence-corrected chi connectivity index (χ0v) is 11.7. The Labute approximate surface area is 114 Å². The number of likely N-dealkylation sites (N-methyl/N-ethyl adjacent to an activating group) is 1. The van der Waals surface area contributed by atoms with Gasteiger partial charge >= 0.3 is 0 Å². The molecule has 3 nitrogen and oxygen atoms in total. The maximum absolute atomic E-state index is 13.2. The van der Waals surface area contributed by atoms with Gasteiger partial charge < -0.3 is 10.0 Å². The normalized spacial score (nSPS) is 24.9.